The van der Waals surface area contributed by atoms with Crippen LogP contribution < -0.4 is 5.32 Å². The van der Waals surface area contributed by atoms with Gasteiger partial charge in [0.05, 0.1) is 6.54 Å². The first-order valence-electron chi connectivity index (χ1n) is 11.1. The Bertz CT molecular complexity index is 823. The summed E-state index contributed by atoms with van der Waals surface area (Å²) in [5, 5.41) is 13.2. The Morgan fingerprint density at radius 2 is 1.77 bits per heavy atom. The first-order chi connectivity index (χ1) is 14.8. The number of carbonyl (C=O) groups is 1. The highest BCUT2D eigenvalue weighted by Crippen LogP contribution is 2.35. The molecule has 2 aliphatic rings. The Morgan fingerprint density at radius 1 is 1.03 bits per heavy atom. The summed E-state index contributed by atoms with van der Waals surface area (Å²) in [5.41, 5.74) is 1.23. The standard InChI is InChI=1S/C23H31N5OS/c29-21(24-23-26-25-22(30-23)20-11-5-2-6-12-20)18-28-16-14-27(15-17-28)13-7-10-19-8-3-1-4-9-19/h1,3-4,7-10,20H,2,5-6,11-18H2,(H,24,26,29)/b10-7+. The Morgan fingerprint density at radius 3 is 2.53 bits per heavy atom. The van der Waals surface area contributed by atoms with Gasteiger partial charge >= 0.3 is 0 Å². The quantitative estimate of drug-likeness (QED) is 0.730. The molecule has 1 aromatic carbocycles. The molecule has 0 bridgehead atoms. The predicted octanol–water partition coefficient (Wildman–Crippen LogP) is 3.86. The van der Waals surface area contributed by atoms with Crippen LogP contribution in [0, 0.1) is 0 Å². The average Bonchev–Trinajstić information content (AvgIpc) is 3.25. The lowest BCUT2D eigenvalue weighted by molar-refractivity contribution is -0.117. The molecule has 1 saturated carbocycles. The molecule has 4 rings (SSSR count). The number of benzene rings is 1. The maximum Gasteiger partial charge on any atom is 0.240 e. The van der Waals surface area contributed by atoms with Gasteiger partial charge in [-0.2, -0.15) is 0 Å². The molecule has 160 valence electrons. The van der Waals surface area contributed by atoms with Crippen molar-refractivity contribution >= 4 is 28.5 Å². The fourth-order valence-electron chi connectivity index (χ4n) is 4.19. The smallest absolute Gasteiger partial charge is 0.240 e. The van der Waals surface area contributed by atoms with Crippen LogP contribution >= 0.6 is 11.3 Å². The van der Waals surface area contributed by atoms with Gasteiger partial charge in [-0.25, -0.2) is 0 Å². The molecule has 1 saturated heterocycles. The summed E-state index contributed by atoms with van der Waals surface area (Å²) >= 11 is 1.55. The first kappa shape index (κ1) is 21.2. The third kappa shape index (κ3) is 6.20. The fourth-order valence-corrected chi connectivity index (χ4v) is 5.12. The molecule has 1 aliphatic carbocycles. The maximum absolute atomic E-state index is 12.4. The summed E-state index contributed by atoms with van der Waals surface area (Å²) in [5.74, 6) is 0.546. The number of anilines is 1. The molecule has 2 heterocycles. The second-order valence-electron chi connectivity index (χ2n) is 8.22. The predicted molar refractivity (Wildman–Crippen MR) is 123 cm³/mol. The minimum atomic E-state index is 0.0127. The van der Waals surface area contributed by atoms with E-state index in [1.54, 1.807) is 11.3 Å². The van der Waals surface area contributed by atoms with Crippen molar-refractivity contribution in [2.24, 2.45) is 0 Å². The van der Waals surface area contributed by atoms with E-state index in [9.17, 15) is 4.79 Å². The van der Waals surface area contributed by atoms with E-state index < -0.39 is 0 Å². The van der Waals surface area contributed by atoms with Gasteiger partial charge < -0.3 is 0 Å². The van der Waals surface area contributed by atoms with Crippen LogP contribution in [0.4, 0.5) is 5.13 Å². The number of nitrogens with zero attached hydrogens (tertiary/aromatic N) is 4. The van der Waals surface area contributed by atoms with Gasteiger partial charge in [0.25, 0.3) is 0 Å². The van der Waals surface area contributed by atoms with E-state index >= 15 is 0 Å². The van der Waals surface area contributed by atoms with Gasteiger partial charge in [0.2, 0.25) is 11.0 Å². The van der Waals surface area contributed by atoms with Gasteiger partial charge in [-0.3, -0.25) is 19.9 Å². The molecule has 0 radical (unpaired) electrons. The van der Waals surface area contributed by atoms with Crippen LogP contribution in [0.5, 0.6) is 0 Å². The molecule has 1 amide bonds. The number of piperazine rings is 1. The SMILES string of the molecule is O=C(CN1CCN(C/C=C/c2ccccc2)CC1)Nc1nnc(C2CCCCC2)s1. The minimum Gasteiger partial charge on any atom is -0.299 e. The summed E-state index contributed by atoms with van der Waals surface area (Å²) in [6.07, 6.45) is 10.7. The van der Waals surface area contributed by atoms with E-state index in [0.717, 1.165) is 37.7 Å². The van der Waals surface area contributed by atoms with Gasteiger partial charge in [0.15, 0.2) is 0 Å². The number of hydrogen-bond donors (Lipinski definition) is 1. The zero-order valence-corrected chi connectivity index (χ0v) is 18.3. The van der Waals surface area contributed by atoms with Gasteiger partial charge in [-0.15, -0.1) is 10.2 Å². The highest BCUT2D eigenvalue weighted by atomic mass is 32.1. The second kappa shape index (κ2) is 10.8. The van der Waals surface area contributed by atoms with Crippen molar-refractivity contribution in [1.29, 1.82) is 0 Å². The number of aromatic nitrogens is 2. The molecule has 0 spiro atoms. The number of carbonyl (C=O) groups excluding carboxylic acids is 1. The molecule has 1 N–H and O–H groups in total. The van der Waals surface area contributed by atoms with Gasteiger partial charge in [-0.1, -0.05) is 73.1 Å². The van der Waals surface area contributed by atoms with Crippen molar-refractivity contribution in [2.45, 2.75) is 38.0 Å². The molecule has 2 aromatic rings. The molecule has 1 aliphatic heterocycles. The fraction of sp³-hybridized carbons (Fsp3) is 0.522. The summed E-state index contributed by atoms with van der Waals surface area (Å²) < 4.78 is 0. The lowest BCUT2D eigenvalue weighted by atomic mass is 9.90. The molecule has 1 aromatic heterocycles. The first-order valence-corrected chi connectivity index (χ1v) is 11.9. The number of hydrogen-bond acceptors (Lipinski definition) is 6. The van der Waals surface area contributed by atoms with E-state index in [2.05, 4.69) is 61.7 Å². The van der Waals surface area contributed by atoms with Crippen molar-refractivity contribution in [2.75, 3.05) is 44.6 Å². The normalized spacial score (nSPS) is 19.3. The van der Waals surface area contributed by atoms with Crippen LogP contribution in [0.1, 0.15) is 48.6 Å². The molecular formula is C23H31N5OS. The Kier molecular flexibility index (Phi) is 7.61. The van der Waals surface area contributed by atoms with E-state index in [1.807, 2.05) is 6.07 Å². The van der Waals surface area contributed by atoms with E-state index in [4.69, 9.17) is 0 Å². The Labute approximate surface area is 183 Å². The molecule has 6 nitrogen and oxygen atoms in total. The highest BCUT2D eigenvalue weighted by molar-refractivity contribution is 7.15. The molecule has 30 heavy (non-hydrogen) atoms. The maximum atomic E-state index is 12.4. The summed E-state index contributed by atoms with van der Waals surface area (Å²) in [6.45, 7) is 5.16. The third-order valence-electron chi connectivity index (χ3n) is 5.95. The van der Waals surface area contributed by atoms with Gasteiger partial charge in [0, 0.05) is 38.6 Å². The van der Waals surface area contributed by atoms with E-state index in [-0.39, 0.29) is 5.91 Å². The minimum absolute atomic E-state index is 0.0127. The monoisotopic (exact) mass is 425 g/mol. The third-order valence-corrected chi connectivity index (χ3v) is 6.95. The van der Waals surface area contributed by atoms with Crippen molar-refractivity contribution in [1.82, 2.24) is 20.0 Å². The average molecular weight is 426 g/mol. The molecule has 2 fully saturated rings. The van der Waals surface area contributed by atoms with Crippen LogP contribution in [0.25, 0.3) is 6.08 Å². The number of rotatable bonds is 7. The van der Waals surface area contributed by atoms with Crippen molar-refractivity contribution in [3.05, 3.63) is 47.0 Å². The zero-order valence-electron chi connectivity index (χ0n) is 17.5. The Hall–Kier alpha value is -2.09. The van der Waals surface area contributed by atoms with E-state index in [0.29, 0.717) is 17.6 Å². The van der Waals surface area contributed by atoms with Crippen LogP contribution in [0.2, 0.25) is 0 Å². The lowest BCUT2D eigenvalue weighted by Gasteiger charge is -2.33. The van der Waals surface area contributed by atoms with Crippen LogP contribution in [0.3, 0.4) is 0 Å². The molecule has 7 heteroatoms. The van der Waals surface area contributed by atoms with Crippen LogP contribution in [-0.2, 0) is 4.79 Å². The van der Waals surface area contributed by atoms with Crippen molar-refractivity contribution in [3.8, 4) is 0 Å². The van der Waals surface area contributed by atoms with Gasteiger partial charge in [0.1, 0.15) is 5.01 Å². The number of nitrogens with one attached hydrogen (secondary N) is 1. The van der Waals surface area contributed by atoms with E-state index in [1.165, 1.54) is 37.7 Å². The second-order valence-corrected chi connectivity index (χ2v) is 9.23. The summed E-state index contributed by atoms with van der Waals surface area (Å²) in [7, 11) is 0. The topological polar surface area (TPSA) is 61.4 Å². The largest absolute Gasteiger partial charge is 0.299 e. The summed E-state index contributed by atoms with van der Waals surface area (Å²) in [4.78, 5) is 17.1. The van der Waals surface area contributed by atoms with Crippen LogP contribution in [0.15, 0.2) is 36.4 Å². The molecular weight excluding hydrogens is 394 g/mol. The van der Waals surface area contributed by atoms with Gasteiger partial charge in [-0.05, 0) is 18.4 Å². The zero-order chi connectivity index (χ0) is 20.6. The van der Waals surface area contributed by atoms with Crippen molar-refractivity contribution < 1.29 is 4.79 Å². The summed E-state index contributed by atoms with van der Waals surface area (Å²) in [6, 6.07) is 10.4. The number of amides is 1. The molecule has 0 atom stereocenters. The van der Waals surface area contributed by atoms with Crippen molar-refractivity contribution in [3.63, 3.8) is 0 Å². The van der Waals surface area contributed by atoms with Crippen LogP contribution in [-0.4, -0.2) is 65.2 Å². The molecule has 0 unspecified atom stereocenters. The highest BCUT2D eigenvalue weighted by Gasteiger charge is 2.21. The lowest BCUT2D eigenvalue weighted by Crippen LogP contribution is -2.48. The Balaban J connectivity index is 1.16.